The second kappa shape index (κ2) is 8.02. The SMILES string of the molecule is CN(Cc1ccc(Br)cc1)C(=O)NCc1ccc(N(C)C)cc1. The van der Waals surface area contributed by atoms with Crippen molar-refractivity contribution in [2.45, 2.75) is 13.1 Å². The molecule has 2 amide bonds. The van der Waals surface area contributed by atoms with E-state index in [1.54, 1.807) is 11.9 Å². The molecule has 0 aromatic heterocycles. The average molecular weight is 376 g/mol. The van der Waals surface area contributed by atoms with Crippen LogP contribution in [0.4, 0.5) is 10.5 Å². The number of carbonyl (C=O) groups is 1. The largest absolute Gasteiger partial charge is 0.378 e. The molecule has 1 N–H and O–H groups in total. The molecular weight excluding hydrogens is 354 g/mol. The van der Waals surface area contributed by atoms with Crippen LogP contribution in [0.15, 0.2) is 53.0 Å². The van der Waals surface area contributed by atoms with Crippen LogP contribution in [0.3, 0.4) is 0 Å². The minimum atomic E-state index is -0.0791. The highest BCUT2D eigenvalue weighted by molar-refractivity contribution is 9.10. The summed E-state index contributed by atoms with van der Waals surface area (Å²) in [6, 6.07) is 16.1. The van der Waals surface area contributed by atoms with Crippen LogP contribution in [0.1, 0.15) is 11.1 Å². The Morgan fingerprint density at radius 1 is 0.957 bits per heavy atom. The fourth-order valence-electron chi connectivity index (χ4n) is 2.16. The molecule has 0 aliphatic carbocycles. The molecule has 0 atom stereocenters. The molecule has 0 heterocycles. The minimum absolute atomic E-state index is 0.0791. The maximum absolute atomic E-state index is 12.2. The summed E-state index contributed by atoms with van der Waals surface area (Å²) in [5.74, 6) is 0. The van der Waals surface area contributed by atoms with Crippen LogP contribution in [0.2, 0.25) is 0 Å². The number of nitrogens with zero attached hydrogens (tertiary/aromatic N) is 2. The molecule has 0 aliphatic rings. The van der Waals surface area contributed by atoms with E-state index in [0.717, 1.165) is 21.3 Å². The molecule has 2 aromatic rings. The van der Waals surface area contributed by atoms with Crippen LogP contribution in [0.5, 0.6) is 0 Å². The number of halogens is 1. The number of hydrogen-bond donors (Lipinski definition) is 1. The van der Waals surface area contributed by atoms with E-state index in [9.17, 15) is 4.79 Å². The average Bonchev–Trinajstić information content (AvgIpc) is 2.55. The topological polar surface area (TPSA) is 35.6 Å². The summed E-state index contributed by atoms with van der Waals surface area (Å²) in [4.78, 5) is 15.9. The predicted octanol–water partition coefficient (Wildman–Crippen LogP) is 3.86. The number of amides is 2. The number of urea groups is 1. The van der Waals surface area contributed by atoms with E-state index >= 15 is 0 Å². The maximum atomic E-state index is 12.2. The monoisotopic (exact) mass is 375 g/mol. The van der Waals surface area contributed by atoms with Crippen LogP contribution in [-0.2, 0) is 13.1 Å². The summed E-state index contributed by atoms with van der Waals surface area (Å²) in [7, 11) is 5.81. The Morgan fingerprint density at radius 3 is 2.09 bits per heavy atom. The fourth-order valence-corrected chi connectivity index (χ4v) is 2.42. The van der Waals surface area contributed by atoms with Gasteiger partial charge in [-0.2, -0.15) is 0 Å². The van der Waals surface area contributed by atoms with Crippen LogP contribution in [0.25, 0.3) is 0 Å². The van der Waals surface area contributed by atoms with E-state index in [2.05, 4.69) is 21.2 Å². The lowest BCUT2D eigenvalue weighted by molar-refractivity contribution is 0.206. The van der Waals surface area contributed by atoms with Gasteiger partial charge in [-0.3, -0.25) is 0 Å². The van der Waals surface area contributed by atoms with Gasteiger partial charge in [-0.15, -0.1) is 0 Å². The summed E-state index contributed by atoms with van der Waals surface area (Å²) in [6.07, 6.45) is 0. The Kier molecular flexibility index (Phi) is 6.04. The molecule has 0 bridgehead atoms. The van der Waals surface area contributed by atoms with Crippen molar-refractivity contribution in [3.8, 4) is 0 Å². The Balaban J connectivity index is 1.84. The highest BCUT2D eigenvalue weighted by Crippen LogP contribution is 2.13. The molecule has 5 heteroatoms. The van der Waals surface area contributed by atoms with Gasteiger partial charge in [-0.25, -0.2) is 4.79 Å². The number of hydrogen-bond acceptors (Lipinski definition) is 2. The minimum Gasteiger partial charge on any atom is -0.378 e. The van der Waals surface area contributed by atoms with Gasteiger partial charge in [0.25, 0.3) is 0 Å². The van der Waals surface area contributed by atoms with Gasteiger partial charge in [-0.1, -0.05) is 40.2 Å². The Labute approximate surface area is 146 Å². The third kappa shape index (κ3) is 5.28. The summed E-state index contributed by atoms with van der Waals surface area (Å²) >= 11 is 3.41. The van der Waals surface area contributed by atoms with E-state index in [0.29, 0.717) is 13.1 Å². The van der Waals surface area contributed by atoms with Crippen LogP contribution in [-0.4, -0.2) is 32.1 Å². The van der Waals surface area contributed by atoms with Gasteiger partial charge in [0.15, 0.2) is 0 Å². The molecule has 23 heavy (non-hydrogen) atoms. The van der Waals surface area contributed by atoms with E-state index in [1.807, 2.05) is 67.5 Å². The van der Waals surface area contributed by atoms with Crippen molar-refractivity contribution in [3.63, 3.8) is 0 Å². The van der Waals surface area contributed by atoms with E-state index in [1.165, 1.54) is 0 Å². The Bertz CT molecular complexity index is 638. The molecule has 0 spiro atoms. The second-order valence-corrected chi connectivity index (χ2v) is 6.62. The number of benzene rings is 2. The van der Waals surface area contributed by atoms with Gasteiger partial charge in [-0.05, 0) is 35.4 Å². The first-order valence-corrected chi connectivity index (χ1v) is 8.24. The standard InChI is InChI=1S/C18H22BrN3O/c1-21(2)17-10-6-14(7-11-17)12-20-18(23)22(3)13-15-4-8-16(19)9-5-15/h4-11H,12-13H2,1-3H3,(H,20,23). The summed E-state index contributed by atoms with van der Waals surface area (Å²) < 4.78 is 1.04. The Hall–Kier alpha value is -2.01. The highest BCUT2D eigenvalue weighted by Gasteiger charge is 2.08. The normalized spacial score (nSPS) is 10.3. The van der Waals surface area contributed by atoms with Crippen molar-refractivity contribution in [1.29, 1.82) is 0 Å². The number of rotatable bonds is 5. The predicted molar refractivity (Wildman–Crippen MR) is 98.6 cm³/mol. The van der Waals surface area contributed by atoms with Gasteiger partial charge in [0, 0.05) is 44.4 Å². The first-order chi connectivity index (χ1) is 11.0. The highest BCUT2D eigenvalue weighted by atomic mass is 79.9. The molecule has 0 fully saturated rings. The zero-order valence-corrected chi connectivity index (χ0v) is 15.3. The van der Waals surface area contributed by atoms with Gasteiger partial charge in [0.2, 0.25) is 0 Å². The Morgan fingerprint density at radius 2 is 1.52 bits per heavy atom. The van der Waals surface area contributed by atoms with Crippen molar-refractivity contribution in [2.75, 3.05) is 26.0 Å². The third-order valence-corrected chi connectivity index (χ3v) is 4.10. The van der Waals surface area contributed by atoms with Gasteiger partial charge in [0.1, 0.15) is 0 Å². The maximum Gasteiger partial charge on any atom is 0.317 e. The molecule has 0 unspecified atom stereocenters. The van der Waals surface area contributed by atoms with Gasteiger partial charge >= 0.3 is 6.03 Å². The molecule has 2 rings (SSSR count). The van der Waals surface area contributed by atoms with Gasteiger partial charge in [0.05, 0.1) is 0 Å². The van der Waals surface area contributed by atoms with E-state index in [-0.39, 0.29) is 6.03 Å². The first-order valence-electron chi connectivity index (χ1n) is 7.45. The molecule has 0 saturated carbocycles. The molecule has 0 aliphatic heterocycles. The zero-order valence-electron chi connectivity index (χ0n) is 13.7. The van der Waals surface area contributed by atoms with Crippen molar-refractivity contribution in [2.24, 2.45) is 0 Å². The quantitative estimate of drug-likeness (QED) is 0.860. The molecule has 2 aromatic carbocycles. The summed E-state index contributed by atoms with van der Waals surface area (Å²) in [6.45, 7) is 1.11. The lowest BCUT2D eigenvalue weighted by atomic mass is 10.2. The molecule has 0 radical (unpaired) electrons. The van der Waals surface area contributed by atoms with E-state index in [4.69, 9.17) is 0 Å². The summed E-state index contributed by atoms with van der Waals surface area (Å²) in [5.41, 5.74) is 3.33. The molecule has 122 valence electrons. The second-order valence-electron chi connectivity index (χ2n) is 5.70. The number of carbonyl (C=O) groups excluding carboxylic acids is 1. The fraction of sp³-hybridized carbons (Fsp3) is 0.278. The van der Waals surface area contributed by atoms with Gasteiger partial charge < -0.3 is 15.1 Å². The molecule has 0 saturated heterocycles. The van der Waals surface area contributed by atoms with Crippen molar-refractivity contribution < 1.29 is 4.79 Å². The molecular formula is C18H22BrN3O. The van der Waals surface area contributed by atoms with Crippen molar-refractivity contribution in [3.05, 3.63) is 64.1 Å². The van der Waals surface area contributed by atoms with E-state index < -0.39 is 0 Å². The van der Waals surface area contributed by atoms with Crippen LogP contribution >= 0.6 is 15.9 Å². The number of anilines is 1. The van der Waals surface area contributed by atoms with Crippen molar-refractivity contribution >= 4 is 27.6 Å². The van der Waals surface area contributed by atoms with Crippen molar-refractivity contribution in [1.82, 2.24) is 10.2 Å². The lowest BCUT2D eigenvalue weighted by Crippen LogP contribution is -2.36. The van der Waals surface area contributed by atoms with Crippen LogP contribution in [0, 0.1) is 0 Å². The number of nitrogens with one attached hydrogen (secondary N) is 1. The molecule has 4 nitrogen and oxygen atoms in total. The first kappa shape index (κ1) is 17.3. The van der Waals surface area contributed by atoms with Crippen LogP contribution < -0.4 is 10.2 Å². The summed E-state index contributed by atoms with van der Waals surface area (Å²) in [5, 5.41) is 2.94. The zero-order chi connectivity index (χ0) is 16.8. The third-order valence-electron chi connectivity index (χ3n) is 3.58. The lowest BCUT2D eigenvalue weighted by Gasteiger charge is -2.18. The smallest absolute Gasteiger partial charge is 0.317 e.